The van der Waals surface area contributed by atoms with Gasteiger partial charge in [0.2, 0.25) is 0 Å². The van der Waals surface area contributed by atoms with Crippen LogP contribution in [0.2, 0.25) is 0 Å². The Bertz CT molecular complexity index is 392. The number of nitrogens with zero attached hydrogens (tertiary/aromatic N) is 1. The van der Waals surface area contributed by atoms with Gasteiger partial charge in [-0.2, -0.15) is 0 Å². The van der Waals surface area contributed by atoms with Crippen LogP contribution in [0.4, 0.5) is 5.69 Å². The molecule has 2 heterocycles. The van der Waals surface area contributed by atoms with E-state index in [0.717, 1.165) is 0 Å². The van der Waals surface area contributed by atoms with E-state index in [2.05, 4.69) is 34.9 Å². The molecule has 0 saturated heterocycles. The third-order valence-corrected chi connectivity index (χ3v) is 3.93. The van der Waals surface area contributed by atoms with Crippen LogP contribution in [0, 0.1) is 6.92 Å². The normalized spacial score (nSPS) is 12.7. The maximum atomic E-state index is 4.08. The number of thiophene rings is 1. The second-order valence-electron chi connectivity index (χ2n) is 3.24. The van der Waals surface area contributed by atoms with Crippen LogP contribution in [0.1, 0.15) is 23.4 Å². The minimum atomic E-state index is 0.343. The van der Waals surface area contributed by atoms with Gasteiger partial charge in [0.05, 0.1) is 11.6 Å². The van der Waals surface area contributed by atoms with Gasteiger partial charge in [0.1, 0.15) is 0 Å². The molecule has 1 atom stereocenters. The monoisotopic (exact) mass is 224 g/mol. The summed E-state index contributed by atoms with van der Waals surface area (Å²) >= 11 is 3.42. The molecule has 2 aromatic rings. The van der Waals surface area contributed by atoms with Crippen molar-refractivity contribution in [1.82, 2.24) is 4.98 Å². The summed E-state index contributed by atoms with van der Waals surface area (Å²) in [5, 5.41) is 7.77. The average Bonchev–Trinajstić information content (AvgIpc) is 2.77. The number of anilines is 1. The summed E-state index contributed by atoms with van der Waals surface area (Å²) in [4.78, 5) is 5.35. The van der Waals surface area contributed by atoms with Crippen molar-refractivity contribution in [2.24, 2.45) is 0 Å². The van der Waals surface area contributed by atoms with Crippen molar-refractivity contribution in [2.45, 2.75) is 19.9 Å². The lowest BCUT2D eigenvalue weighted by Crippen LogP contribution is -2.04. The summed E-state index contributed by atoms with van der Waals surface area (Å²) in [6.45, 7) is 4.28. The molecule has 0 aliphatic rings. The first-order valence-corrected chi connectivity index (χ1v) is 6.27. The van der Waals surface area contributed by atoms with Crippen LogP contribution in [0.15, 0.2) is 22.5 Å². The molecule has 2 nitrogen and oxygen atoms in total. The molecule has 0 radical (unpaired) electrons. The zero-order chi connectivity index (χ0) is 9.97. The Labute approximate surface area is 91.6 Å². The minimum Gasteiger partial charge on any atom is -0.377 e. The van der Waals surface area contributed by atoms with Gasteiger partial charge in [0.25, 0.3) is 0 Å². The highest BCUT2D eigenvalue weighted by Gasteiger charge is 2.08. The van der Waals surface area contributed by atoms with E-state index in [4.69, 9.17) is 0 Å². The van der Waals surface area contributed by atoms with Crippen molar-refractivity contribution in [1.29, 1.82) is 0 Å². The topological polar surface area (TPSA) is 24.9 Å². The molecule has 0 aliphatic heterocycles. The zero-order valence-corrected chi connectivity index (χ0v) is 9.78. The highest BCUT2D eigenvalue weighted by molar-refractivity contribution is 7.09. The van der Waals surface area contributed by atoms with Crippen molar-refractivity contribution in [3.05, 3.63) is 32.9 Å². The molecule has 0 spiro atoms. The van der Waals surface area contributed by atoms with Crippen molar-refractivity contribution in [3.8, 4) is 0 Å². The molecule has 0 bridgehead atoms. The lowest BCUT2D eigenvalue weighted by molar-refractivity contribution is 0.903. The number of hydrogen-bond donors (Lipinski definition) is 1. The standard InChI is InChI=1S/C10H12N2S2/c1-7-4-13-5-9(7)12-8(2)10-3-11-6-14-10/h3-6,8,12H,1-2H3. The fourth-order valence-electron chi connectivity index (χ4n) is 1.25. The van der Waals surface area contributed by atoms with Gasteiger partial charge >= 0.3 is 0 Å². The molecule has 0 aliphatic carbocycles. The Balaban J connectivity index is 2.09. The number of rotatable bonds is 3. The van der Waals surface area contributed by atoms with E-state index in [0.29, 0.717) is 6.04 Å². The van der Waals surface area contributed by atoms with Gasteiger partial charge in [-0.3, -0.25) is 4.98 Å². The van der Waals surface area contributed by atoms with E-state index >= 15 is 0 Å². The maximum absolute atomic E-state index is 4.08. The molecule has 0 aromatic carbocycles. The molecule has 1 N–H and O–H groups in total. The van der Waals surface area contributed by atoms with Crippen LogP contribution in [0.5, 0.6) is 0 Å². The number of thiazole rings is 1. The smallest absolute Gasteiger partial charge is 0.0795 e. The lowest BCUT2D eigenvalue weighted by atomic mass is 10.2. The molecule has 0 amide bonds. The highest BCUT2D eigenvalue weighted by atomic mass is 32.1. The maximum Gasteiger partial charge on any atom is 0.0795 e. The summed E-state index contributed by atoms with van der Waals surface area (Å²) in [7, 11) is 0. The summed E-state index contributed by atoms with van der Waals surface area (Å²) in [5.41, 5.74) is 4.41. The van der Waals surface area contributed by atoms with Gasteiger partial charge < -0.3 is 5.32 Å². The van der Waals surface area contributed by atoms with Gasteiger partial charge in [-0.25, -0.2) is 0 Å². The Kier molecular flexibility index (Phi) is 2.84. The van der Waals surface area contributed by atoms with Gasteiger partial charge in [0.15, 0.2) is 0 Å². The van der Waals surface area contributed by atoms with Crippen molar-refractivity contribution in [3.63, 3.8) is 0 Å². The largest absolute Gasteiger partial charge is 0.377 e. The van der Waals surface area contributed by atoms with E-state index in [9.17, 15) is 0 Å². The van der Waals surface area contributed by atoms with Gasteiger partial charge in [0, 0.05) is 22.1 Å². The van der Waals surface area contributed by atoms with E-state index in [-0.39, 0.29) is 0 Å². The zero-order valence-electron chi connectivity index (χ0n) is 8.15. The first kappa shape index (κ1) is 9.68. The van der Waals surface area contributed by atoms with Crippen molar-refractivity contribution in [2.75, 3.05) is 5.32 Å². The van der Waals surface area contributed by atoms with E-state index in [1.165, 1.54) is 16.1 Å². The summed E-state index contributed by atoms with van der Waals surface area (Å²) in [5.74, 6) is 0. The Morgan fingerprint density at radius 2 is 2.29 bits per heavy atom. The average molecular weight is 224 g/mol. The van der Waals surface area contributed by atoms with Crippen LogP contribution in [0.3, 0.4) is 0 Å². The van der Waals surface area contributed by atoms with E-state index in [1.807, 2.05) is 11.7 Å². The van der Waals surface area contributed by atoms with Crippen LogP contribution < -0.4 is 5.32 Å². The predicted molar refractivity (Wildman–Crippen MR) is 63.2 cm³/mol. The molecular weight excluding hydrogens is 212 g/mol. The molecule has 4 heteroatoms. The van der Waals surface area contributed by atoms with E-state index in [1.54, 1.807) is 22.7 Å². The molecule has 2 rings (SSSR count). The Morgan fingerprint density at radius 1 is 1.43 bits per heavy atom. The number of hydrogen-bond acceptors (Lipinski definition) is 4. The third-order valence-electron chi connectivity index (χ3n) is 2.11. The quantitative estimate of drug-likeness (QED) is 0.860. The highest BCUT2D eigenvalue weighted by Crippen LogP contribution is 2.26. The summed E-state index contributed by atoms with van der Waals surface area (Å²) in [6, 6.07) is 0.343. The molecule has 74 valence electrons. The lowest BCUT2D eigenvalue weighted by Gasteiger charge is -2.12. The molecule has 14 heavy (non-hydrogen) atoms. The minimum absolute atomic E-state index is 0.343. The Morgan fingerprint density at radius 3 is 2.86 bits per heavy atom. The molecule has 1 unspecified atom stereocenters. The molecule has 2 aromatic heterocycles. The third kappa shape index (κ3) is 1.96. The van der Waals surface area contributed by atoms with Gasteiger partial charge in [-0.15, -0.1) is 22.7 Å². The summed E-state index contributed by atoms with van der Waals surface area (Å²) < 4.78 is 0. The van der Waals surface area contributed by atoms with Crippen molar-refractivity contribution >= 4 is 28.4 Å². The summed E-state index contributed by atoms with van der Waals surface area (Å²) in [6.07, 6.45) is 1.92. The van der Waals surface area contributed by atoms with Crippen molar-refractivity contribution < 1.29 is 0 Å². The first-order chi connectivity index (χ1) is 6.77. The van der Waals surface area contributed by atoms with Crippen LogP contribution in [-0.4, -0.2) is 4.98 Å². The second-order valence-corrected chi connectivity index (χ2v) is 4.90. The molecule has 0 saturated carbocycles. The van der Waals surface area contributed by atoms with Gasteiger partial charge in [-0.05, 0) is 24.8 Å². The first-order valence-electron chi connectivity index (χ1n) is 4.45. The fraction of sp³-hybridized carbons (Fsp3) is 0.300. The predicted octanol–water partition coefficient (Wildman–Crippen LogP) is 3.69. The Hall–Kier alpha value is -0.870. The van der Waals surface area contributed by atoms with Crippen LogP contribution in [0.25, 0.3) is 0 Å². The number of nitrogens with one attached hydrogen (secondary N) is 1. The number of aromatic nitrogens is 1. The number of aryl methyl sites for hydroxylation is 1. The SMILES string of the molecule is Cc1cscc1NC(C)c1cncs1. The van der Waals surface area contributed by atoms with Gasteiger partial charge in [-0.1, -0.05) is 0 Å². The molecular formula is C10H12N2S2. The van der Waals surface area contributed by atoms with Crippen LogP contribution in [-0.2, 0) is 0 Å². The fourth-order valence-corrected chi connectivity index (χ4v) is 2.67. The molecule has 0 fully saturated rings. The van der Waals surface area contributed by atoms with E-state index < -0.39 is 0 Å². The second kappa shape index (κ2) is 4.11. The van der Waals surface area contributed by atoms with Crippen LogP contribution >= 0.6 is 22.7 Å².